The van der Waals surface area contributed by atoms with Crippen molar-refractivity contribution in [1.29, 1.82) is 0 Å². The summed E-state index contributed by atoms with van der Waals surface area (Å²) in [4.78, 5) is 0. The first kappa shape index (κ1) is 26.4. The molecule has 0 aromatic heterocycles. The van der Waals surface area contributed by atoms with Gasteiger partial charge in [0.25, 0.3) is 0 Å². The van der Waals surface area contributed by atoms with Gasteiger partial charge in [-0.25, -0.2) is 0 Å². The van der Waals surface area contributed by atoms with Crippen molar-refractivity contribution >= 4 is 37.1 Å². The van der Waals surface area contributed by atoms with Gasteiger partial charge in [0, 0.05) is 5.66 Å². The Hall–Kier alpha value is -2.26. The van der Waals surface area contributed by atoms with Crippen LogP contribution < -0.4 is 21.2 Å². The molecule has 0 spiro atoms. The van der Waals surface area contributed by atoms with Crippen molar-refractivity contribution in [3.8, 4) is 0 Å². The number of hydrogen-bond donors (Lipinski definition) is 0. The maximum absolute atomic E-state index is 2.50. The lowest BCUT2D eigenvalue weighted by Crippen LogP contribution is -2.25. The third-order valence-corrected chi connectivity index (χ3v) is 12.0. The molecule has 1 fully saturated rings. The molecule has 4 aromatic rings. The van der Waals surface area contributed by atoms with Crippen molar-refractivity contribution in [3.05, 3.63) is 150 Å². The minimum atomic E-state index is -0.591. The summed E-state index contributed by atoms with van der Waals surface area (Å²) >= 11 is 0. The Labute approximate surface area is 227 Å². The molecule has 0 unspecified atom stereocenters. The average molecular weight is 518 g/mol. The van der Waals surface area contributed by atoms with Crippen molar-refractivity contribution in [3.63, 3.8) is 0 Å². The summed E-state index contributed by atoms with van der Waals surface area (Å²) in [5.74, 6) is 1.44. The zero-order chi connectivity index (χ0) is 25.9. The molecule has 0 N–H and O–H groups in total. The Balaban J connectivity index is 1.49. The molecule has 5 rings (SSSR count). The van der Waals surface area contributed by atoms with Gasteiger partial charge in [0.05, 0.1) is 0 Å². The molecule has 37 heavy (non-hydrogen) atoms. The Morgan fingerprint density at radius 3 is 1.38 bits per heavy atom. The van der Waals surface area contributed by atoms with E-state index in [4.69, 9.17) is 0 Å². The van der Waals surface area contributed by atoms with Crippen LogP contribution in [0.25, 0.3) is 0 Å². The first-order chi connectivity index (χ1) is 17.9. The molecule has 1 aliphatic rings. The predicted octanol–water partition coefficient (Wildman–Crippen LogP) is 7.61. The SMILES string of the molecule is Cc1cc(C)cc(P(c2cc(C)cc(C)c2)[C@@H](C)[C]2[CH][CH][C](P(c3ccccc3)c3ccccc3)[CH]2)c1. The average Bonchev–Trinajstić information content (AvgIpc) is 3.34. The van der Waals surface area contributed by atoms with Crippen molar-refractivity contribution in [1.82, 2.24) is 0 Å². The van der Waals surface area contributed by atoms with E-state index in [2.05, 4.69) is 151 Å². The molecule has 185 valence electrons. The van der Waals surface area contributed by atoms with Gasteiger partial charge in [-0.1, -0.05) is 126 Å². The maximum atomic E-state index is 2.50. The van der Waals surface area contributed by atoms with Crippen LogP contribution in [0.1, 0.15) is 29.2 Å². The van der Waals surface area contributed by atoms with Crippen LogP contribution in [0.15, 0.2) is 97.1 Å². The largest absolute Gasteiger partial charge is 0.0622 e. The fourth-order valence-electron chi connectivity index (χ4n) is 5.37. The van der Waals surface area contributed by atoms with Crippen molar-refractivity contribution in [2.24, 2.45) is 0 Å². The van der Waals surface area contributed by atoms with E-state index in [1.165, 1.54) is 55.0 Å². The van der Waals surface area contributed by atoms with Crippen molar-refractivity contribution in [2.45, 2.75) is 40.3 Å². The van der Waals surface area contributed by atoms with Gasteiger partial charge < -0.3 is 0 Å². The van der Waals surface area contributed by atoms with Gasteiger partial charge in [0.1, 0.15) is 0 Å². The van der Waals surface area contributed by atoms with Gasteiger partial charge in [0.2, 0.25) is 0 Å². The van der Waals surface area contributed by atoms with E-state index in [1.807, 2.05) is 0 Å². The Bertz CT molecular complexity index is 1200. The normalized spacial score (nSPS) is 15.5. The van der Waals surface area contributed by atoms with Gasteiger partial charge >= 0.3 is 0 Å². The molecule has 1 atom stereocenters. The highest BCUT2D eigenvalue weighted by atomic mass is 31.1. The van der Waals surface area contributed by atoms with Crippen LogP contribution in [0.2, 0.25) is 0 Å². The smallest absolute Gasteiger partial charge is 0.0164 e. The molecule has 0 nitrogen and oxygen atoms in total. The van der Waals surface area contributed by atoms with E-state index in [0.717, 1.165) is 0 Å². The minimum Gasteiger partial charge on any atom is -0.0622 e. The summed E-state index contributed by atoms with van der Waals surface area (Å²) in [7, 11) is -1.15. The molecule has 1 aliphatic carbocycles. The highest BCUT2D eigenvalue weighted by molar-refractivity contribution is 7.76. The number of aryl methyl sites for hydroxylation is 4. The van der Waals surface area contributed by atoms with E-state index < -0.39 is 15.8 Å². The topological polar surface area (TPSA) is 0 Å². The quantitative estimate of drug-likeness (QED) is 0.221. The van der Waals surface area contributed by atoms with Crippen LogP contribution in [0.4, 0.5) is 0 Å². The van der Waals surface area contributed by atoms with Crippen LogP contribution >= 0.6 is 15.8 Å². The molecule has 2 heteroatoms. The van der Waals surface area contributed by atoms with Crippen molar-refractivity contribution in [2.75, 3.05) is 0 Å². The maximum Gasteiger partial charge on any atom is 0.0164 e. The zero-order valence-electron chi connectivity index (χ0n) is 22.4. The van der Waals surface area contributed by atoms with E-state index in [9.17, 15) is 0 Å². The van der Waals surface area contributed by atoms with Crippen LogP contribution in [0.3, 0.4) is 0 Å². The fourth-order valence-corrected chi connectivity index (χ4v) is 10.7. The Kier molecular flexibility index (Phi) is 8.29. The minimum absolute atomic E-state index is 0.412. The van der Waals surface area contributed by atoms with Crippen LogP contribution in [0, 0.1) is 58.5 Å². The van der Waals surface area contributed by atoms with E-state index in [1.54, 1.807) is 0 Å². The van der Waals surface area contributed by atoms with Gasteiger partial charge in [-0.15, -0.1) is 0 Å². The second kappa shape index (κ2) is 11.6. The molecule has 0 amide bonds. The lowest BCUT2D eigenvalue weighted by Gasteiger charge is -2.31. The Morgan fingerprint density at radius 1 is 0.514 bits per heavy atom. The second-order valence-corrected chi connectivity index (χ2v) is 14.9. The van der Waals surface area contributed by atoms with Gasteiger partial charge in [-0.3, -0.25) is 0 Å². The molecule has 0 saturated heterocycles. The predicted molar refractivity (Wildman–Crippen MR) is 166 cm³/mol. The molecule has 5 radical (unpaired) electrons. The highest BCUT2D eigenvalue weighted by Gasteiger charge is 2.39. The number of hydrogen-bond acceptors (Lipinski definition) is 0. The summed E-state index contributed by atoms with van der Waals surface area (Å²) in [5, 5.41) is 5.75. The number of rotatable bonds is 7. The van der Waals surface area contributed by atoms with Crippen LogP contribution in [0.5, 0.6) is 0 Å². The summed E-state index contributed by atoms with van der Waals surface area (Å²) in [5.41, 5.74) is 7.23. The van der Waals surface area contributed by atoms with Gasteiger partial charge in [0.15, 0.2) is 0 Å². The van der Waals surface area contributed by atoms with Crippen LogP contribution in [-0.4, -0.2) is 5.66 Å². The fraction of sp³-hybridized carbons (Fsp3) is 0.171. The molecular weight excluding hydrogens is 482 g/mol. The summed E-state index contributed by atoms with van der Waals surface area (Å²) in [6.45, 7) is 11.3. The third-order valence-electron chi connectivity index (χ3n) is 6.89. The Morgan fingerprint density at radius 2 is 0.946 bits per heavy atom. The van der Waals surface area contributed by atoms with E-state index >= 15 is 0 Å². The van der Waals surface area contributed by atoms with E-state index in [-0.39, 0.29) is 0 Å². The van der Waals surface area contributed by atoms with Gasteiger partial charge in [-0.05, 0) is 95.6 Å². The lowest BCUT2D eigenvalue weighted by atomic mass is 10.1. The standard InChI is InChI=1S/C35H35P2/c1-25-18-26(2)21-34(20-25)36(35-22-27(3)19-28(4)23-35)29(5)30-16-17-33(24-30)37(31-12-8-6-9-13-31)32-14-10-7-11-15-32/h6-24,29H,1-5H3/t29-/m0/s1. The molecule has 0 aliphatic heterocycles. The van der Waals surface area contributed by atoms with Crippen LogP contribution in [-0.2, 0) is 0 Å². The molecule has 1 saturated carbocycles. The molecule has 0 bridgehead atoms. The molecule has 4 aromatic carbocycles. The lowest BCUT2D eigenvalue weighted by molar-refractivity contribution is 1.01. The second-order valence-electron chi connectivity index (χ2n) is 10.1. The number of benzene rings is 4. The first-order valence-corrected chi connectivity index (χ1v) is 15.8. The summed E-state index contributed by atoms with van der Waals surface area (Å²) < 4.78 is 0. The third kappa shape index (κ3) is 6.08. The monoisotopic (exact) mass is 517 g/mol. The highest BCUT2D eigenvalue weighted by Crippen LogP contribution is 2.58. The summed E-state index contributed by atoms with van der Waals surface area (Å²) in [6, 6.07) is 36.3. The first-order valence-electron chi connectivity index (χ1n) is 13.0. The van der Waals surface area contributed by atoms with Gasteiger partial charge in [-0.2, -0.15) is 0 Å². The molecule has 0 heterocycles. The molecular formula is C35H35P2. The van der Waals surface area contributed by atoms with Crippen molar-refractivity contribution < 1.29 is 0 Å². The summed E-state index contributed by atoms with van der Waals surface area (Å²) in [6.07, 6.45) is 7.27. The van der Waals surface area contributed by atoms with E-state index in [0.29, 0.717) is 5.66 Å². The zero-order valence-corrected chi connectivity index (χ0v) is 24.2.